The second-order valence-electron chi connectivity index (χ2n) is 9.58. The van der Waals surface area contributed by atoms with Crippen LogP contribution < -0.4 is 0 Å². The van der Waals surface area contributed by atoms with Crippen molar-refractivity contribution in [3.05, 3.63) is 0 Å². The molecule has 1 fully saturated rings. The van der Waals surface area contributed by atoms with Gasteiger partial charge in [0.15, 0.2) is 0 Å². The van der Waals surface area contributed by atoms with Gasteiger partial charge in [0, 0.05) is 0 Å². The fourth-order valence-corrected chi connectivity index (χ4v) is 4.93. The standard InChI is InChI=1S/C22H44.C2H6/c1-8-10-19(15-16-22(5,6)7)12-14-20-13-11-17(3)21(9-2)18(20)4;1-2/h17-21H,8-16H2,1-7H3;1-2H3. The smallest absolute Gasteiger partial charge is 0.0363 e. The summed E-state index contributed by atoms with van der Waals surface area (Å²) in [6.07, 6.45) is 13.0. The van der Waals surface area contributed by atoms with Gasteiger partial charge in [0.1, 0.15) is 0 Å². The molecule has 0 heterocycles. The van der Waals surface area contributed by atoms with Gasteiger partial charge in [-0.05, 0) is 60.7 Å². The van der Waals surface area contributed by atoms with Crippen molar-refractivity contribution in [2.24, 2.45) is 35.0 Å². The fraction of sp³-hybridized carbons (Fsp3) is 1.00. The monoisotopic (exact) mass is 338 g/mol. The van der Waals surface area contributed by atoms with Gasteiger partial charge >= 0.3 is 0 Å². The average Bonchev–Trinajstić information content (AvgIpc) is 2.53. The van der Waals surface area contributed by atoms with Crippen LogP contribution in [0, 0.1) is 35.0 Å². The Balaban J connectivity index is 0.00000254. The van der Waals surface area contributed by atoms with Crippen molar-refractivity contribution in [1.82, 2.24) is 0 Å². The van der Waals surface area contributed by atoms with Crippen molar-refractivity contribution in [3.8, 4) is 0 Å². The van der Waals surface area contributed by atoms with Crippen molar-refractivity contribution >= 4 is 0 Å². The molecule has 0 aromatic heterocycles. The summed E-state index contributed by atoms with van der Waals surface area (Å²) < 4.78 is 0. The molecule has 1 aliphatic rings. The van der Waals surface area contributed by atoms with Crippen LogP contribution in [0.2, 0.25) is 0 Å². The van der Waals surface area contributed by atoms with E-state index in [0.717, 1.165) is 29.6 Å². The second-order valence-corrected chi connectivity index (χ2v) is 9.58. The van der Waals surface area contributed by atoms with Gasteiger partial charge < -0.3 is 0 Å². The third kappa shape index (κ3) is 8.91. The van der Waals surface area contributed by atoms with Gasteiger partial charge in [0.05, 0.1) is 0 Å². The quantitative estimate of drug-likeness (QED) is 0.415. The highest BCUT2D eigenvalue weighted by Crippen LogP contribution is 2.43. The van der Waals surface area contributed by atoms with E-state index >= 15 is 0 Å². The first-order valence-corrected chi connectivity index (χ1v) is 11.3. The third-order valence-corrected chi connectivity index (χ3v) is 6.56. The zero-order valence-electron chi connectivity index (χ0n) is 18.8. The minimum atomic E-state index is 0.507. The van der Waals surface area contributed by atoms with Crippen molar-refractivity contribution in [2.75, 3.05) is 0 Å². The number of hydrogen-bond donors (Lipinski definition) is 0. The summed E-state index contributed by atoms with van der Waals surface area (Å²) >= 11 is 0. The largest absolute Gasteiger partial charge is 0.0683 e. The average molecular weight is 339 g/mol. The molecule has 0 heteroatoms. The van der Waals surface area contributed by atoms with Gasteiger partial charge in [0.2, 0.25) is 0 Å². The van der Waals surface area contributed by atoms with Crippen LogP contribution in [0.4, 0.5) is 0 Å². The molecule has 24 heavy (non-hydrogen) atoms. The lowest BCUT2D eigenvalue weighted by atomic mass is 9.65. The molecular formula is C24H50. The zero-order valence-corrected chi connectivity index (χ0v) is 18.8. The topological polar surface area (TPSA) is 0 Å². The summed E-state index contributed by atoms with van der Waals surface area (Å²) in [7, 11) is 0. The van der Waals surface area contributed by atoms with Crippen LogP contribution in [0.1, 0.15) is 120 Å². The molecule has 0 radical (unpaired) electrons. The molecule has 0 N–H and O–H groups in total. The van der Waals surface area contributed by atoms with Crippen LogP contribution in [0.3, 0.4) is 0 Å². The zero-order chi connectivity index (χ0) is 18.8. The molecule has 0 nitrogen and oxygen atoms in total. The molecule has 5 unspecified atom stereocenters. The lowest BCUT2D eigenvalue weighted by molar-refractivity contribution is 0.0962. The van der Waals surface area contributed by atoms with E-state index in [1.165, 1.54) is 57.8 Å². The van der Waals surface area contributed by atoms with Gasteiger partial charge in [-0.25, -0.2) is 0 Å². The van der Waals surface area contributed by atoms with Gasteiger partial charge in [-0.2, -0.15) is 0 Å². The highest BCUT2D eigenvalue weighted by molar-refractivity contribution is 4.83. The van der Waals surface area contributed by atoms with E-state index in [4.69, 9.17) is 0 Å². The summed E-state index contributed by atoms with van der Waals surface area (Å²) in [6, 6.07) is 0. The van der Waals surface area contributed by atoms with E-state index in [9.17, 15) is 0 Å². The van der Waals surface area contributed by atoms with E-state index in [1.54, 1.807) is 0 Å². The Morgan fingerprint density at radius 3 is 2.04 bits per heavy atom. The fourth-order valence-electron chi connectivity index (χ4n) is 4.93. The van der Waals surface area contributed by atoms with Crippen LogP contribution in [-0.4, -0.2) is 0 Å². The molecule has 0 aromatic rings. The van der Waals surface area contributed by atoms with Crippen molar-refractivity contribution in [1.29, 1.82) is 0 Å². The Labute approximate surface area is 155 Å². The first kappa shape index (κ1) is 24.0. The molecule has 0 bridgehead atoms. The Kier molecular flexibility index (Phi) is 12.4. The van der Waals surface area contributed by atoms with Crippen LogP contribution in [-0.2, 0) is 0 Å². The van der Waals surface area contributed by atoms with E-state index in [2.05, 4.69) is 48.5 Å². The van der Waals surface area contributed by atoms with E-state index < -0.39 is 0 Å². The SMILES string of the molecule is CC.CCCC(CCC1CCC(C)C(CC)C1C)CCC(C)(C)C. The van der Waals surface area contributed by atoms with Crippen molar-refractivity contribution in [3.63, 3.8) is 0 Å². The number of hydrogen-bond acceptors (Lipinski definition) is 0. The maximum Gasteiger partial charge on any atom is -0.0363 e. The number of rotatable bonds is 8. The molecule has 146 valence electrons. The van der Waals surface area contributed by atoms with E-state index in [-0.39, 0.29) is 0 Å². The van der Waals surface area contributed by atoms with Gasteiger partial charge in [0.25, 0.3) is 0 Å². The van der Waals surface area contributed by atoms with E-state index in [0.29, 0.717) is 5.41 Å². The second kappa shape index (κ2) is 12.4. The van der Waals surface area contributed by atoms with Crippen LogP contribution in [0.5, 0.6) is 0 Å². The van der Waals surface area contributed by atoms with Crippen LogP contribution in [0.15, 0.2) is 0 Å². The molecule has 0 amide bonds. The Bertz CT molecular complexity index is 285. The molecule has 1 aliphatic carbocycles. The predicted molar refractivity (Wildman–Crippen MR) is 113 cm³/mol. The minimum Gasteiger partial charge on any atom is -0.0683 e. The van der Waals surface area contributed by atoms with Gasteiger partial charge in [-0.15, -0.1) is 0 Å². The van der Waals surface area contributed by atoms with Crippen molar-refractivity contribution < 1.29 is 0 Å². The Hall–Kier alpha value is 0. The summed E-state index contributed by atoms with van der Waals surface area (Å²) in [4.78, 5) is 0. The van der Waals surface area contributed by atoms with Crippen LogP contribution in [0.25, 0.3) is 0 Å². The maximum atomic E-state index is 2.55. The van der Waals surface area contributed by atoms with Gasteiger partial charge in [-0.3, -0.25) is 0 Å². The van der Waals surface area contributed by atoms with Crippen molar-refractivity contribution in [2.45, 2.75) is 120 Å². The molecular weight excluding hydrogens is 288 g/mol. The third-order valence-electron chi connectivity index (χ3n) is 6.56. The Morgan fingerprint density at radius 2 is 1.54 bits per heavy atom. The Morgan fingerprint density at radius 1 is 0.917 bits per heavy atom. The van der Waals surface area contributed by atoms with Gasteiger partial charge in [-0.1, -0.05) is 94.4 Å². The van der Waals surface area contributed by atoms with Crippen LogP contribution >= 0.6 is 0 Å². The summed E-state index contributed by atoms with van der Waals surface area (Å²) in [5.74, 6) is 4.89. The summed E-state index contributed by atoms with van der Waals surface area (Å²) in [5.41, 5.74) is 0.507. The summed E-state index contributed by atoms with van der Waals surface area (Å²) in [5, 5.41) is 0. The molecule has 1 rings (SSSR count). The molecule has 0 saturated heterocycles. The summed E-state index contributed by atoms with van der Waals surface area (Å²) in [6.45, 7) is 21.0. The molecule has 0 spiro atoms. The molecule has 0 aliphatic heterocycles. The maximum absolute atomic E-state index is 2.55. The lowest BCUT2D eigenvalue weighted by Gasteiger charge is -2.40. The molecule has 1 saturated carbocycles. The molecule has 5 atom stereocenters. The first-order chi connectivity index (χ1) is 11.3. The highest BCUT2D eigenvalue weighted by atomic mass is 14.4. The highest BCUT2D eigenvalue weighted by Gasteiger charge is 2.33. The van der Waals surface area contributed by atoms with E-state index in [1.807, 2.05) is 13.8 Å². The predicted octanol–water partition coefficient (Wildman–Crippen LogP) is 8.74. The minimum absolute atomic E-state index is 0.507. The first-order valence-electron chi connectivity index (χ1n) is 11.3. The lowest BCUT2D eigenvalue weighted by Crippen LogP contribution is -2.31. The molecule has 0 aromatic carbocycles. The normalized spacial score (nSPS) is 28.9.